The lowest BCUT2D eigenvalue weighted by Crippen LogP contribution is -2.34. The van der Waals surface area contributed by atoms with Gasteiger partial charge in [0.05, 0.1) is 13.2 Å². The lowest BCUT2D eigenvalue weighted by Gasteiger charge is -2.20. The van der Waals surface area contributed by atoms with Crippen LogP contribution in [0.4, 0.5) is 0 Å². The Kier molecular flexibility index (Phi) is 43.4. The number of hydrogen-bond donors (Lipinski definition) is 3. The fourth-order valence-electron chi connectivity index (χ4n) is 6.11. The number of carboxylic acid groups (broad SMARTS) is 1. The van der Waals surface area contributed by atoms with Crippen LogP contribution in [0.3, 0.4) is 0 Å². The zero-order chi connectivity index (χ0) is 47.0. The van der Waals surface area contributed by atoms with Crippen molar-refractivity contribution >= 4 is 25.7 Å². The molecule has 3 unspecified atom stereocenters. The number of phosphoric ester groups is 1. The van der Waals surface area contributed by atoms with Gasteiger partial charge in [-0.25, -0.2) is 4.57 Å². The number of carboxylic acids is 1. The number of esters is 2. The lowest BCUT2D eigenvalue weighted by atomic mass is 10.1. The van der Waals surface area contributed by atoms with Crippen LogP contribution < -0.4 is 5.73 Å². The fraction of sp³-hybridized carbons (Fsp3) is 0.635. The van der Waals surface area contributed by atoms with E-state index in [1.54, 1.807) is 0 Å². The third-order valence-corrected chi connectivity index (χ3v) is 10.8. The van der Waals surface area contributed by atoms with E-state index < -0.39 is 51.1 Å². The van der Waals surface area contributed by atoms with Crippen molar-refractivity contribution in [3.63, 3.8) is 0 Å². The number of nitrogens with two attached hydrogens (primary N) is 1. The van der Waals surface area contributed by atoms with Crippen LogP contribution in [-0.4, -0.2) is 59.9 Å². The summed E-state index contributed by atoms with van der Waals surface area (Å²) in [5.74, 6) is -2.42. The second-order valence-corrected chi connectivity index (χ2v) is 17.3. The smallest absolute Gasteiger partial charge is 0.472 e. The molecule has 0 bridgehead atoms. The Morgan fingerprint density at radius 3 is 1.23 bits per heavy atom. The predicted octanol–water partition coefficient (Wildman–Crippen LogP) is 13.6. The molecule has 64 heavy (non-hydrogen) atoms. The number of hydrogen-bond acceptors (Lipinski definition) is 9. The molecule has 0 radical (unpaired) electrons. The van der Waals surface area contributed by atoms with E-state index in [1.807, 2.05) is 0 Å². The summed E-state index contributed by atoms with van der Waals surface area (Å²) in [4.78, 5) is 46.2. The minimum atomic E-state index is -4.73. The van der Waals surface area contributed by atoms with Gasteiger partial charge in [0.25, 0.3) is 0 Å². The average molecular weight is 916 g/mol. The molecule has 11 nitrogen and oxygen atoms in total. The summed E-state index contributed by atoms with van der Waals surface area (Å²) >= 11 is 0. The molecule has 0 fully saturated rings. The summed E-state index contributed by atoms with van der Waals surface area (Å²) in [6.45, 7) is 2.56. The van der Waals surface area contributed by atoms with Gasteiger partial charge in [0.15, 0.2) is 6.10 Å². The second-order valence-electron chi connectivity index (χ2n) is 15.8. The van der Waals surface area contributed by atoms with E-state index in [0.29, 0.717) is 12.8 Å². The SMILES string of the molecule is CC/C=C\C/C=C\C/C=C\C/C=C\CCCCCCCCCCC(=O)OC(COC(=O)CCCCCCCC/C=C\C/C=C\C/C=C\C/C=C\CC)COP(=O)(O)OCC(N)C(=O)O. The molecule has 0 aromatic rings. The van der Waals surface area contributed by atoms with Crippen molar-refractivity contribution in [3.8, 4) is 0 Å². The van der Waals surface area contributed by atoms with Crippen molar-refractivity contribution in [1.29, 1.82) is 0 Å². The number of ether oxygens (including phenoxy) is 2. The maximum Gasteiger partial charge on any atom is 0.472 e. The normalized spacial score (nSPS) is 14.4. The molecule has 0 heterocycles. The molecule has 0 aliphatic carbocycles. The molecule has 0 spiro atoms. The lowest BCUT2D eigenvalue weighted by molar-refractivity contribution is -0.161. The predicted molar refractivity (Wildman–Crippen MR) is 263 cm³/mol. The Balaban J connectivity index is 4.35. The maximum absolute atomic E-state index is 12.7. The number of unbranched alkanes of at least 4 members (excludes halogenated alkanes) is 14. The Hall–Kier alpha value is -3.60. The maximum atomic E-state index is 12.7. The topological polar surface area (TPSA) is 172 Å². The van der Waals surface area contributed by atoms with Gasteiger partial charge < -0.3 is 25.2 Å². The molecule has 12 heteroatoms. The van der Waals surface area contributed by atoms with Gasteiger partial charge in [0, 0.05) is 12.8 Å². The van der Waals surface area contributed by atoms with Crippen molar-refractivity contribution in [2.45, 2.75) is 193 Å². The number of phosphoric acid groups is 1. The van der Waals surface area contributed by atoms with Gasteiger partial charge >= 0.3 is 25.7 Å². The quantitative estimate of drug-likeness (QED) is 0.0230. The summed E-state index contributed by atoms with van der Waals surface area (Å²) in [5, 5.41) is 8.92. The van der Waals surface area contributed by atoms with E-state index in [4.69, 9.17) is 24.8 Å². The van der Waals surface area contributed by atoms with Gasteiger partial charge in [-0.3, -0.25) is 23.4 Å². The molecular formula is C52H86NO10P. The van der Waals surface area contributed by atoms with E-state index in [-0.39, 0.29) is 19.4 Å². The zero-order valence-corrected chi connectivity index (χ0v) is 40.5. The van der Waals surface area contributed by atoms with Crippen LogP contribution in [0.15, 0.2) is 97.2 Å². The molecule has 0 saturated heterocycles. The molecule has 0 amide bonds. The first-order chi connectivity index (χ1) is 31.1. The zero-order valence-electron chi connectivity index (χ0n) is 39.6. The van der Waals surface area contributed by atoms with Gasteiger partial charge in [-0.05, 0) is 89.9 Å². The molecule has 0 aromatic heterocycles. The molecule has 0 aromatic carbocycles. The highest BCUT2D eigenvalue weighted by atomic mass is 31.2. The highest BCUT2D eigenvalue weighted by Gasteiger charge is 2.28. The van der Waals surface area contributed by atoms with E-state index >= 15 is 0 Å². The fourth-order valence-corrected chi connectivity index (χ4v) is 6.88. The molecule has 3 atom stereocenters. The van der Waals surface area contributed by atoms with E-state index in [9.17, 15) is 23.8 Å². The van der Waals surface area contributed by atoms with Crippen LogP contribution in [0.2, 0.25) is 0 Å². The highest BCUT2D eigenvalue weighted by Crippen LogP contribution is 2.43. The van der Waals surface area contributed by atoms with Crippen LogP contribution in [0.25, 0.3) is 0 Å². The first-order valence-corrected chi connectivity index (χ1v) is 25.8. The number of allylic oxidation sites excluding steroid dienone is 16. The molecule has 0 saturated carbocycles. The number of carbonyl (C=O) groups is 3. The Bertz CT molecular complexity index is 1450. The standard InChI is InChI=1S/C52H86NO10P/c1-3-5-7-9-11-13-15-17-19-21-23-24-26-28-30-32-34-36-38-40-42-44-51(55)63-48(46-61-64(58,59)62-47-49(53)52(56)57)45-60-50(54)43-41-39-37-35-33-31-29-27-25-22-20-18-16-14-12-10-8-6-4-2/h5-8,11-14,17-20,23-25,27,48-49H,3-4,9-10,15-16,21-22,26,28-47,53H2,1-2H3,(H,56,57)(H,58,59)/b7-5-,8-6-,13-11-,14-12-,19-17-,20-18-,24-23-,27-25-. The summed E-state index contributed by atoms with van der Waals surface area (Å²) in [5.41, 5.74) is 5.35. The van der Waals surface area contributed by atoms with Gasteiger partial charge in [-0.1, -0.05) is 175 Å². The molecule has 4 N–H and O–H groups in total. The van der Waals surface area contributed by atoms with E-state index in [2.05, 4.69) is 116 Å². The molecule has 0 aliphatic rings. The highest BCUT2D eigenvalue weighted by molar-refractivity contribution is 7.47. The van der Waals surface area contributed by atoms with Crippen LogP contribution in [-0.2, 0) is 37.5 Å². The van der Waals surface area contributed by atoms with Crippen LogP contribution in [0.1, 0.15) is 181 Å². The number of aliphatic carboxylic acids is 1. The molecule has 0 aliphatic heterocycles. The van der Waals surface area contributed by atoms with Gasteiger partial charge in [-0.2, -0.15) is 0 Å². The number of rotatable bonds is 44. The van der Waals surface area contributed by atoms with Crippen molar-refractivity contribution in [2.75, 3.05) is 19.8 Å². The minimum absolute atomic E-state index is 0.142. The first kappa shape index (κ1) is 60.4. The van der Waals surface area contributed by atoms with Crippen LogP contribution in [0.5, 0.6) is 0 Å². The molecule has 364 valence electrons. The van der Waals surface area contributed by atoms with Gasteiger partial charge in [0.2, 0.25) is 0 Å². The molecule has 0 rings (SSSR count). The van der Waals surface area contributed by atoms with Gasteiger partial charge in [-0.15, -0.1) is 0 Å². The summed E-state index contributed by atoms with van der Waals surface area (Å²) < 4.78 is 32.8. The largest absolute Gasteiger partial charge is 0.480 e. The third kappa shape index (κ3) is 45.0. The van der Waals surface area contributed by atoms with Crippen molar-refractivity contribution in [1.82, 2.24) is 0 Å². The average Bonchev–Trinajstić information content (AvgIpc) is 3.27. The molecular weight excluding hydrogens is 830 g/mol. The summed E-state index contributed by atoms with van der Waals surface area (Å²) in [6, 6.07) is -1.53. The monoisotopic (exact) mass is 916 g/mol. The van der Waals surface area contributed by atoms with E-state index in [0.717, 1.165) is 122 Å². The Morgan fingerprint density at radius 2 is 0.828 bits per heavy atom. The van der Waals surface area contributed by atoms with E-state index in [1.165, 1.54) is 19.3 Å². The van der Waals surface area contributed by atoms with Crippen LogP contribution in [0, 0.1) is 0 Å². The van der Waals surface area contributed by atoms with Crippen molar-refractivity contribution < 1.29 is 47.5 Å². The number of carbonyl (C=O) groups excluding carboxylic acids is 2. The Labute approximate surface area is 387 Å². The van der Waals surface area contributed by atoms with Crippen molar-refractivity contribution in [2.24, 2.45) is 5.73 Å². The van der Waals surface area contributed by atoms with Gasteiger partial charge in [0.1, 0.15) is 12.6 Å². The minimum Gasteiger partial charge on any atom is -0.480 e. The summed E-state index contributed by atoms with van der Waals surface area (Å²) in [7, 11) is -4.73. The van der Waals surface area contributed by atoms with Crippen molar-refractivity contribution in [3.05, 3.63) is 97.2 Å². The van der Waals surface area contributed by atoms with Crippen LogP contribution >= 0.6 is 7.82 Å². The first-order valence-electron chi connectivity index (χ1n) is 24.3. The third-order valence-electron chi connectivity index (χ3n) is 9.83. The second kappa shape index (κ2) is 45.9. The Morgan fingerprint density at radius 1 is 0.484 bits per heavy atom. The summed E-state index contributed by atoms with van der Waals surface area (Å²) in [6.07, 6.45) is 58.9.